The zero-order valence-corrected chi connectivity index (χ0v) is 12.4. The van der Waals surface area contributed by atoms with Crippen LogP contribution in [0.15, 0.2) is 47.9 Å². The molecule has 1 aliphatic rings. The molecule has 4 heteroatoms. The normalized spacial score (nSPS) is 14.5. The summed E-state index contributed by atoms with van der Waals surface area (Å²) >= 11 is 1.79. The maximum absolute atomic E-state index is 10.5. The molecule has 3 rings (SSSR count). The van der Waals surface area contributed by atoms with Crippen LogP contribution in [0.4, 0.5) is 5.69 Å². The predicted octanol–water partition coefficient (Wildman–Crippen LogP) is 4.01. The Hall–Kier alpha value is -2.07. The van der Waals surface area contributed by atoms with Gasteiger partial charge in [-0.2, -0.15) is 0 Å². The van der Waals surface area contributed by atoms with Crippen molar-refractivity contribution in [3.05, 3.63) is 58.3 Å². The molecule has 1 heterocycles. The number of carboxylic acid groups (broad SMARTS) is 1. The summed E-state index contributed by atoms with van der Waals surface area (Å²) in [5.41, 5.74) is 2.12. The Morgan fingerprint density at radius 2 is 2.05 bits per heavy atom. The maximum Gasteiger partial charge on any atom is 0.328 e. The minimum absolute atomic E-state index is 0.646. The summed E-state index contributed by atoms with van der Waals surface area (Å²) in [5, 5.41) is 10.8. The van der Waals surface area contributed by atoms with Crippen LogP contribution in [0.25, 0.3) is 6.08 Å². The molecule has 0 unspecified atom stereocenters. The van der Waals surface area contributed by atoms with Gasteiger partial charge in [-0.15, -0.1) is 11.3 Å². The Labute approximate surface area is 128 Å². The lowest BCUT2D eigenvalue weighted by atomic mass is 10.1. The average Bonchev–Trinajstić information content (AvgIpc) is 3.20. The van der Waals surface area contributed by atoms with Crippen molar-refractivity contribution in [3.8, 4) is 0 Å². The molecule has 1 aromatic carbocycles. The van der Waals surface area contributed by atoms with Gasteiger partial charge in [0.05, 0.1) is 6.54 Å². The highest BCUT2D eigenvalue weighted by molar-refractivity contribution is 7.09. The first kappa shape index (κ1) is 13.9. The molecular weight excluding hydrogens is 282 g/mol. The van der Waals surface area contributed by atoms with Crippen LogP contribution in [0, 0.1) is 0 Å². The van der Waals surface area contributed by atoms with E-state index in [4.69, 9.17) is 5.11 Å². The van der Waals surface area contributed by atoms with Gasteiger partial charge in [0.2, 0.25) is 0 Å². The van der Waals surface area contributed by atoms with Crippen LogP contribution >= 0.6 is 11.3 Å². The molecule has 1 saturated carbocycles. The molecule has 2 aromatic rings. The van der Waals surface area contributed by atoms with E-state index in [1.54, 1.807) is 17.4 Å². The summed E-state index contributed by atoms with van der Waals surface area (Å²) in [6.45, 7) is 0.951. The van der Waals surface area contributed by atoms with Crippen LogP contribution in [0.1, 0.15) is 23.3 Å². The molecular formula is C17H17NO2S. The van der Waals surface area contributed by atoms with E-state index in [-0.39, 0.29) is 0 Å². The number of hydrogen-bond donors (Lipinski definition) is 1. The lowest BCUT2D eigenvalue weighted by Gasteiger charge is -2.24. The van der Waals surface area contributed by atoms with E-state index in [1.165, 1.54) is 29.5 Å². The van der Waals surface area contributed by atoms with E-state index in [1.807, 2.05) is 12.1 Å². The standard InChI is InChI=1S/C17H17NO2S/c19-17(20)10-5-13-3-6-14(7-4-13)18(15-8-9-15)12-16-2-1-11-21-16/h1-7,10-11,15H,8-9,12H2,(H,19,20). The van der Waals surface area contributed by atoms with Gasteiger partial charge in [0.25, 0.3) is 0 Å². The van der Waals surface area contributed by atoms with Gasteiger partial charge in [0, 0.05) is 22.7 Å². The number of carboxylic acids is 1. The second-order valence-corrected chi connectivity index (χ2v) is 6.23. The zero-order chi connectivity index (χ0) is 14.7. The van der Waals surface area contributed by atoms with Crippen LogP contribution in [-0.4, -0.2) is 17.1 Å². The lowest BCUT2D eigenvalue weighted by Crippen LogP contribution is -2.24. The number of thiophene rings is 1. The summed E-state index contributed by atoms with van der Waals surface area (Å²) in [6, 6.07) is 13.0. The van der Waals surface area contributed by atoms with Crippen molar-refractivity contribution >= 4 is 29.1 Å². The molecule has 21 heavy (non-hydrogen) atoms. The number of hydrogen-bond acceptors (Lipinski definition) is 3. The molecule has 0 saturated heterocycles. The summed E-state index contributed by atoms with van der Waals surface area (Å²) in [5.74, 6) is -0.920. The highest BCUT2D eigenvalue weighted by atomic mass is 32.1. The molecule has 1 fully saturated rings. The highest BCUT2D eigenvalue weighted by Gasteiger charge is 2.29. The van der Waals surface area contributed by atoms with Crippen molar-refractivity contribution in [2.45, 2.75) is 25.4 Å². The van der Waals surface area contributed by atoms with Gasteiger partial charge in [-0.1, -0.05) is 18.2 Å². The molecule has 1 aromatic heterocycles. The average molecular weight is 299 g/mol. The monoisotopic (exact) mass is 299 g/mol. The van der Waals surface area contributed by atoms with Crippen LogP contribution in [-0.2, 0) is 11.3 Å². The van der Waals surface area contributed by atoms with Gasteiger partial charge in [-0.25, -0.2) is 4.79 Å². The number of nitrogens with zero attached hydrogens (tertiary/aromatic N) is 1. The Morgan fingerprint density at radius 3 is 2.62 bits per heavy atom. The van der Waals surface area contributed by atoms with Gasteiger partial charge in [0.15, 0.2) is 0 Å². The largest absolute Gasteiger partial charge is 0.478 e. The topological polar surface area (TPSA) is 40.5 Å². The molecule has 0 spiro atoms. The Kier molecular flexibility index (Phi) is 4.06. The third-order valence-electron chi connectivity index (χ3n) is 3.54. The van der Waals surface area contributed by atoms with Crippen molar-refractivity contribution in [3.63, 3.8) is 0 Å². The van der Waals surface area contributed by atoms with Gasteiger partial charge >= 0.3 is 5.97 Å². The SMILES string of the molecule is O=C(O)C=Cc1ccc(N(Cc2cccs2)C2CC2)cc1. The smallest absolute Gasteiger partial charge is 0.328 e. The van der Waals surface area contributed by atoms with E-state index in [0.717, 1.165) is 12.1 Å². The predicted molar refractivity (Wildman–Crippen MR) is 86.6 cm³/mol. The second kappa shape index (κ2) is 6.14. The molecule has 0 radical (unpaired) electrons. The molecule has 3 nitrogen and oxygen atoms in total. The first-order valence-electron chi connectivity index (χ1n) is 7.02. The van der Waals surface area contributed by atoms with E-state index in [0.29, 0.717) is 6.04 Å². The first-order chi connectivity index (χ1) is 10.2. The Bertz CT molecular complexity index is 627. The molecule has 0 atom stereocenters. The van der Waals surface area contributed by atoms with Crippen molar-refractivity contribution in [2.75, 3.05) is 4.90 Å². The van der Waals surface area contributed by atoms with Crippen LogP contribution in [0.2, 0.25) is 0 Å². The minimum atomic E-state index is -0.920. The van der Waals surface area contributed by atoms with E-state index in [9.17, 15) is 4.79 Å². The van der Waals surface area contributed by atoms with E-state index in [2.05, 4.69) is 34.5 Å². The third kappa shape index (κ3) is 3.73. The summed E-state index contributed by atoms with van der Waals surface area (Å²) in [7, 11) is 0. The molecule has 1 aliphatic carbocycles. The fraction of sp³-hybridized carbons (Fsp3) is 0.235. The summed E-state index contributed by atoms with van der Waals surface area (Å²) in [6.07, 6.45) is 5.30. The van der Waals surface area contributed by atoms with Gasteiger partial charge in [-0.05, 0) is 48.1 Å². The molecule has 1 N–H and O–H groups in total. The van der Waals surface area contributed by atoms with Gasteiger partial charge in [-0.3, -0.25) is 0 Å². The second-order valence-electron chi connectivity index (χ2n) is 5.20. The quantitative estimate of drug-likeness (QED) is 0.819. The molecule has 0 aliphatic heterocycles. The van der Waals surface area contributed by atoms with Crippen molar-refractivity contribution in [1.29, 1.82) is 0 Å². The number of aliphatic carboxylic acids is 1. The van der Waals surface area contributed by atoms with Crippen LogP contribution in [0.5, 0.6) is 0 Å². The lowest BCUT2D eigenvalue weighted by molar-refractivity contribution is -0.131. The van der Waals surface area contributed by atoms with Crippen molar-refractivity contribution < 1.29 is 9.90 Å². The number of carbonyl (C=O) groups is 1. The molecule has 0 bridgehead atoms. The van der Waals surface area contributed by atoms with Crippen LogP contribution in [0.3, 0.4) is 0 Å². The number of benzene rings is 1. The summed E-state index contributed by atoms with van der Waals surface area (Å²) in [4.78, 5) is 14.3. The van der Waals surface area contributed by atoms with E-state index >= 15 is 0 Å². The van der Waals surface area contributed by atoms with Crippen molar-refractivity contribution in [1.82, 2.24) is 0 Å². The zero-order valence-electron chi connectivity index (χ0n) is 11.6. The minimum Gasteiger partial charge on any atom is -0.478 e. The first-order valence-corrected chi connectivity index (χ1v) is 7.90. The van der Waals surface area contributed by atoms with Gasteiger partial charge in [0.1, 0.15) is 0 Å². The van der Waals surface area contributed by atoms with Gasteiger partial charge < -0.3 is 10.0 Å². The number of rotatable bonds is 6. The summed E-state index contributed by atoms with van der Waals surface area (Å²) < 4.78 is 0. The fourth-order valence-electron chi connectivity index (χ4n) is 2.33. The van der Waals surface area contributed by atoms with Crippen LogP contribution < -0.4 is 4.90 Å². The van der Waals surface area contributed by atoms with Crippen molar-refractivity contribution in [2.24, 2.45) is 0 Å². The highest BCUT2D eigenvalue weighted by Crippen LogP contribution is 2.33. The third-order valence-corrected chi connectivity index (χ3v) is 4.40. The molecule has 108 valence electrons. The Morgan fingerprint density at radius 1 is 1.29 bits per heavy atom. The van der Waals surface area contributed by atoms with E-state index < -0.39 is 5.97 Å². The molecule has 0 amide bonds. The number of anilines is 1. The fourth-order valence-corrected chi connectivity index (χ4v) is 3.03. The Balaban J connectivity index is 1.75. The maximum atomic E-state index is 10.5.